The molecular weight excluding hydrogens is 150 g/mol. The van der Waals surface area contributed by atoms with E-state index in [9.17, 15) is 0 Å². The summed E-state index contributed by atoms with van der Waals surface area (Å²) in [7, 11) is 0. The van der Waals surface area contributed by atoms with E-state index in [0.29, 0.717) is 0 Å². The van der Waals surface area contributed by atoms with Crippen molar-refractivity contribution in [1.82, 2.24) is 0 Å². The molecular formula is C10H23NO. The number of unbranched alkanes of at least 4 members (excludes halogenated alkanes) is 4. The first-order valence-corrected chi connectivity index (χ1v) is 5.18. The van der Waals surface area contributed by atoms with E-state index in [1.807, 2.05) is 6.92 Å². The van der Waals surface area contributed by atoms with Gasteiger partial charge in [0.2, 0.25) is 0 Å². The molecule has 2 heteroatoms. The van der Waals surface area contributed by atoms with Crippen molar-refractivity contribution in [1.29, 1.82) is 0 Å². The monoisotopic (exact) mass is 173 g/mol. The largest absolute Gasteiger partial charge is 0.364 e. The molecule has 0 aliphatic rings. The van der Waals surface area contributed by atoms with Gasteiger partial charge in [-0.05, 0) is 19.8 Å². The molecule has 2 N–H and O–H groups in total. The van der Waals surface area contributed by atoms with Gasteiger partial charge in [-0.1, -0.05) is 32.6 Å². The maximum absolute atomic E-state index is 5.68. The molecule has 0 radical (unpaired) electrons. The molecule has 1 atom stereocenters. The van der Waals surface area contributed by atoms with E-state index in [0.717, 1.165) is 13.0 Å². The van der Waals surface area contributed by atoms with E-state index < -0.39 is 0 Å². The second-order valence-electron chi connectivity index (χ2n) is 3.20. The Morgan fingerprint density at radius 1 is 1.08 bits per heavy atom. The Bertz CT molecular complexity index is 85.9. The van der Waals surface area contributed by atoms with Gasteiger partial charge in [0.1, 0.15) is 6.23 Å². The molecule has 12 heavy (non-hydrogen) atoms. The molecule has 0 saturated heterocycles. The van der Waals surface area contributed by atoms with Crippen LogP contribution in [0.1, 0.15) is 52.4 Å². The second kappa shape index (κ2) is 9.01. The first-order chi connectivity index (χ1) is 5.81. The molecule has 0 fully saturated rings. The van der Waals surface area contributed by atoms with Crippen LogP contribution < -0.4 is 5.73 Å². The molecule has 74 valence electrons. The van der Waals surface area contributed by atoms with Gasteiger partial charge in [-0.3, -0.25) is 0 Å². The first-order valence-electron chi connectivity index (χ1n) is 5.18. The van der Waals surface area contributed by atoms with Gasteiger partial charge >= 0.3 is 0 Å². The summed E-state index contributed by atoms with van der Waals surface area (Å²) in [5.74, 6) is 0. The lowest BCUT2D eigenvalue weighted by Crippen LogP contribution is -2.23. The van der Waals surface area contributed by atoms with Crippen LogP contribution in [-0.4, -0.2) is 12.8 Å². The molecule has 0 saturated carbocycles. The minimum atomic E-state index is -0.0309. The summed E-state index contributed by atoms with van der Waals surface area (Å²) in [5, 5.41) is 0. The fourth-order valence-corrected chi connectivity index (χ4v) is 1.25. The van der Waals surface area contributed by atoms with Crippen molar-refractivity contribution >= 4 is 0 Å². The lowest BCUT2D eigenvalue weighted by molar-refractivity contribution is 0.0597. The molecule has 0 amide bonds. The summed E-state index contributed by atoms with van der Waals surface area (Å²) >= 11 is 0. The molecule has 0 aromatic heterocycles. The summed E-state index contributed by atoms with van der Waals surface area (Å²) in [6.07, 6.45) is 7.49. The summed E-state index contributed by atoms with van der Waals surface area (Å²) in [5.41, 5.74) is 5.68. The maximum atomic E-state index is 5.68. The number of ether oxygens (including phenoxy) is 1. The minimum absolute atomic E-state index is 0.0309. The average molecular weight is 173 g/mol. The lowest BCUT2D eigenvalue weighted by atomic mass is 10.1. The molecule has 0 aromatic rings. The van der Waals surface area contributed by atoms with E-state index in [-0.39, 0.29) is 6.23 Å². The van der Waals surface area contributed by atoms with Gasteiger partial charge in [-0.15, -0.1) is 0 Å². The highest BCUT2D eigenvalue weighted by Crippen LogP contribution is 2.06. The Hall–Kier alpha value is -0.0800. The minimum Gasteiger partial charge on any atom is -0.364 e. The zero-order chi connectivity index (χ0) is 9.23. The Kier molecular flexibility index (Phi) is 8.95. The van der Waals surface area contributed by atoms with E-state index >= 15 is 0 Å². The third kappa shape index (κ3) is 8.02. The molecule has 2 nitrogen and oxygen atoms in total. The lowest BCUT2D eigenvalue weighted by Gasteiger charge is -2.10. The van der Waals surface area contributed by atoms with Crippen molar-refractivity contribution in [2.24, 2.45) is 5.73 Å². The third-order valence-electron chi connectivity index (χ3n) is 1.97. The van der Waals surface area contributed by atoms with E-state index in [1.165, 1.54) is 32.1 Å². The molecule has 0 bridgehead atoms. The highest BCUT2D eigenvalue weighted by Gasteiger charge is 1.99. The number of rotatable bonds is 8. The van der Waals surface area contributed by atoms with Gasteiger partial charge in [-0.2, -0.15) is 0 Å². The van der Waals surface area contributed by atoms with Crippen LogP contribution in [0.3, 0.4) is 0 Å². The van der Waals surface area contributed by atoms with Gasteiger partial charge in [0, 0.05) is 6.61 Å². The predicted octanol–water partition coefficient (Wildman–Crippen LogP) is 2.67. The number of nitrogens with two attached hydrogens (primary N) is 1. The third-order valence-corrected chi connectivity index (χ3v) is 1.97. The van der Waals surface area contributed by atoms with Crippen molar-refractivity contribution in [2.75, 3.05) is 6.61 Å². The Morgan fingerprint density at radius 2 is 1.75 bits per heavy atom. The fourth-order valence-electron chi connectivity index (χ4n) is 1.25. The van der Waals surface area contributed by atoms with Crippen LogP contribution in [0.4, 0.5) is 0 Å². The number of hydrogen-bond donors (Lipinski definition) is 1. The average Bonchev–Trinajstić information content (AvgIpc) is 2.05. The van der Waals surface area contributed by atoms with Crippen molar-refractivity contribution in [3.05, 3.63) is 0 Å². The smallest absolute Gasteiger partial charge is 0.105 e. The van der Waals surface area contributed by atoms with E-state index in [2.05, 4.69) is 6.92 Å². The van der Waals surface area contributed by atoms with Crippen LogP contribution in [-0.2, 0) is 4.74 Å². The Labute approximate surface area is 76.5 Å². The molecule has 0 heterocycles. The van der Waals surface area contributed by atoms with E-state index in [1.54, 1.807) is 0 Å². The summed E-state index contributed by atoms with van der Waals surface area (Å²) < 4.78 is 5.23. The number of hydrogen-bond acceptors (Lipinski definition) is 2. The van der Waals surface area contributed by atoms with Crippen LogP contribution in [0.15, 0.2) is 0 Å². The summed E-state index contributed by atoms with van der Waals surface area (Å²) in [6.45, 7) is 4.94. The van der Waals surface area contributed by atoms with Crippen molar-refractivity contribution in [2.45, 2.75) is 58.6 Å². The first kappa shape index (κ1) is 11.9. The van der Waals surface area contributed by atoms with Crippen LogP contribution in [0.5, 0.6) is 0 Å². The second-order valence-corrected chi connectivity index (χ2v) is 3.20. The van der Waals surface area contributed by atoms with Crippen molar-refractivity contribution in [3.63, 3.8) is 0 Å². The van der Waals surface area contributed by atoms with Crippen LogP contribution in [0.2, 0.25) is 0 Å². The van der Waals surface area contributed by atoms with Crippen molar-refractivity contribution < 1.29 is 4.74 Å². The molecule has 0 aromatic carbocycles. The van der Waals surface area contributed by atoms with Gasteiger partial charge in [0.05, 0.1) is 0 Å². The normalized spacial score (nSPS) is 13.2. The van der Waals surface area contributed by atoms with Gasteiger partial charge < -0.3 is 10.5 Å². The molecule has 0 aliphatic heterocycles. The zero-order valence-corrected chi connectivity index (χ0v) is 8.51. The highest BCUT2D eigenvalue weighted by molar-refractivity contribution is 4.49. The van der Waals surface area contributed by atoms with Gasteiger partial charge in [-0.25, -0.2) is 0 Å². The predicted molar refractivity (Wildman–Crippen MR) is 53.0 cm³/mol. The molecule has 0 aliphatic carbocycles. The van der Waals surface area contributed by atoms with Crippen LogP contribution >= 0.6 is 0 Å². The van der Waals surface area contributed by atoms with Crippen LogP contribution in [0, 0.1) is 0 Å². The standard InChI is InChI=1S/C10H23NO/c1-3-5-6-7-8-9-10(11)12-4-2/h10H,3-9,11H2,1-2H3. The SMILES string of the molecule is CCCCCCCC(N)OCC. The van der Waals surface area contributed by atoms with Gasteiger partial charge in [0.15, 0.2) is 0 Å². The van der Waals surface area contributed by atoms with Crippen molar-refractivity contribution in [3.8, 4) is 0 Å². The molecule has 0 rings (SSSR count). The molecule has 1 unspecified atom stereocenters. The van der Waals surface area contributed by atoms with Crippen LogP contribution in [0.25, 0.3) is 0 Å². The fraction of sp³-hybridized carbons (Fsp3) is 1.00. The Morgan fingerprint density at radius 3 is 2.33 bits per heavy atom. The summed E-state index contributed by atoms with van der Waals surface area (Å²) in [4.78, 5) is 0. The highest BCUT2D eigenvalue weighted by atomic mass is 16.5. The molecule has 0 spiro atoms. The topological polar surface area (TPSA) is 35.2 Å². The van der Waals surface area contributed by atoms with Gasteiger partial charge in [0.25, 0.3) is 0 Å². The quantitative estimate of drug-likeness (QED) is 0.452. The maximum Gasteiger partial charge on any atom is 0.105 e. The van der Waals surface area contributed by atoms with E-state index in [4.69, 9.17) is 10.5 Å². The zero-order valence-electron chi connectivity index (χ0n) is 8.51. The summed E-state index contributed by atoms with van der Waals surface area (Å²) in [6, 6.07) is 0. The Balaban J connectivity index is 2.97.